The summed E-state index contributed by atoms with van der Waals surface area (Å²) >= 11 is 0. The highest BCUT2D eigenvalue weighted by Gasteiger charge is 2.28. The molecule has 3 heterocycles. The topological polar surface area (TPSA) is 100 Å². The summed E-state index contributed by atoms with van der Waals surface area (Å²) in [6.07, 6.45) is 4.33. The van der Waals surface area contributed by atoms with Gasteiger partial charge in [-0.3, -0.25) is 9.48 Å². The number of fused-ring (bicyclic) bond motifs is 3. The van der Waals surface area contributed by atoms with Gasteiger partial charge in [-0.2, -0.15) is 5.10 Å². The Kier molecular flexibility index (Phi) is 7.55. The maximum atomic E-state index is 13.5. The van der Waals surface area contributed by atoms with Crippen LogP contribution in [0.1, 0.15) is 39.2 Å². The van der Waals surface area contributed by atoms with Crippen molar-refractivity contribution in [1.29, 1.82) is 0 Å². The number of hydrogen-bond acceptors (Lipinski definition) is 8. The van der Waals surface area contributed by atoms with Crippen LogP contribution in [0.3, 0.4) is 0 Å². The van der Waals surface area contributed by atoms with E-state index in [1.54, 1.807) is 11.8 Å². The third-order valence-electron chi connectivity index (χ3n) is 8.34. The molecule has 218 valence electrons. The number of ether oxygens (including phenoxy) is 1. The first-order chi connectivity index (χ1) is 20.3. The van der Waals surface area contributed by atoms with Crippen LogP contribution in [0, 0.1) is 13.8 Å². The van der Waals surface area contributed by atoms with Gasteiger partial charge in [0, 0.05) is 62.4 Å². The second-order valence-corrected chi connectivity index (χ2v) is 11.2. The highest BCUT2D eigenvalue weighted by molar-refractivity contribution is 6.05. The van der Waals surface area contributed by atoms with Crippen LogP contribution in [0.4, 0.5) is 23.0 Å². The number of hydrogen-bond donors (Lipinski definition) is 2. The number of rotatable bonds is 6. The zero-order valence-corrected chi connectivity index (χ0v) is 25.0. The average molecular weight is 567 g/mol. The van der Waals surface area contributed by atoms with Gasteiger partial charge in [0.05, 0.1) is 24.2 Å². The molecule has 2 aliphatic rings. The van der Waals surface area contributed by atoms with E-state index in [1.165, 1.54) is 0 Å². The number of piperazine rings is 1. The van der Waals surface area contributed by atoms with Crippen molar-refractivity contribution in [3.8, 4) is 17.1 Å². The molecule has 1 aliphatic heterocycles. The van der Waals surface area contributed by atoms with Crippen LogP contribution in [0.15, 0.2) is 42.6 Å². The number of aromatic nitrogens is 4. The normalized spacial score (nSPS) is 15.0. The molecule has 4 aromatic rings. The number of amides is 1. The summed E-state index contributed by atoms with van der Waals surface area (Å²) < 4.78 is 7.54. The SMILES string of the molecule is COc1cc(N2CCN(C)CC2)ccc1Nc1ncc2c(n1)-c1c(c(C(=O)Nc3c(C)cccc3C)nn1C)CCC2. The van der Waals surface area contributed by atoms with E-state index >= 15 is 0 Å². The molecule has 0 saturated carbocycles. The summed E-state index contributed by atoms with van der Waals surface area (Å²) in [4.78, 5) is 27.8. The van der Waals surface area contributed by atoms with E-state index < -0.39 is 0 Å². The van der Waals surface area contributed by atoms with Crippen LogP contribution in [0.2, 0.25) is 0 Å². The Morgan fingerprint density at radius 2 is 1.76 bits per heavy atom. The molecule has 0 spiro atoms. The predicted molar refractivity (Wildman–Crippen MR) is 166 cm³/mol. The van der Waals surface area contributed by atoms with Gasteiger partial charge >= 0.3 is 0 Å². The fourth-order valence-corrected chi connectivity index (χ4v) is 5.94. The van der Waals surface area contributed by atoms with Gasteiger partial charge in [-0.25, -0.2) is 9.97 Å². The van der Waals surface area contributed by atoms with Crippen LogP contribution in [0.25, 0.3) is 11.4 Å². The zero-order chi connectivity index (χ0) is 29.4. The van der Waals surface area contributed by atoms with Crippen LogP contribution < -0.4 is 20.3 Å². The summed E-state index contributed by atoms with van der Waals surface area (Å²) in [5, 5.41) is 11.2. The Morgan fingerprint density at radius 3 is 2.50 bits per heavy atom. The monoisotopic (exact) mass is 566 g/mol. The molecular formula is C32H38N8O2. The molecule has 6 rings (SSSR count). The van der Waals surface area contributed by atoms with Crippen LogP contribution in [-0.4, -0.2) is 70.9 Å². The van der Waals surface area contributed by atoms with E-state index in [1.807, 2.05) is 51.4 Å². The van der Waals surface area contributed by atoms with E-state index in [9.17, 15) is 4.79 Å². The number of benzene rings is 2. The smallest absolute Gasteiger partial charge is 0.276 e. The van der Waals surface area contributed by atoms with Gasteiger partial charge in [-0.1, -0.05) is 18.2 Å². The molecule has 1 amide bonds. The summed E-state index contributed by atoms with van der Waals surface area (Å²) in [5.41, 5.74) is 8.86. The minimum absolute atomic E-state index is 0.203. The standard InChI is InChI=1S/C32H38N8O2/c1-20-8-6-9-21(2)27(20)35-31(41)29-24-11-7-10-22-19-33-32(36-28(22)30(24)39(4)37-29)34-25-13-12-23(18-26(25)42-5)40-16-14-38(3)15-17-40/h6,8-9,12-13,18-19H,7,10-11,14-17H2,1-5H3,(H,35,41)(H,33,34,36). The first-order valence-corrected chi connectivity index (χ1v) is 14.5. The third kappa shape index (κ3) is 5.30. The van der Waals surface area contributed by atoms with Gasteiger partial charge in [-0.05, 0) is 69.0 Å². The summed E-state index contributed by atoms with van der Waals surface area (Å²) in [5.74, 6) is 0.997. The number of para-hydroxylation sites is 1. The van der Waals surface area contributed by atoms with E-state index in [0.717, 1.165) is 102 Å². The first kappa shape index (κ1) is 27.7. The number of anilines is 4. The van der Waals surface area contributed by atoms with Gasteiger partial charge in [0.1, 0.15) is 5.75 Å². The Bertz CT molecular complexity index is 1620. The fraction of sp³-hybridized carbons (Fsp3) is 0.375. The van der Waals surface area contributed by atoms with Crippen LogP contribution in [0.5, 0.6) is 5.75 Å². The van der Waals surface area contributed by atoms with E-state index in [0.29, 0.717) is 11.6 Å². The van der Waals surface area contributed by atoms with Crippen molar-refractivity contribution in [2.75, 3.05) is 55.9 Å². The predicted octanol–water partition coefficient (Wildman–Crippen LogP) is 4.74. The number of aryl methyl sites for hydroxylation is 4. The molecule has 1 aliphatic carbocycles. The van der Waals surface area contributed by atoms with Crippen molar-refractivity contribution in [2.45, 2.75) is 33.1 Å². The molecule has 0 bridgehead atoms. The van der Waals surface area contributed by atoms with E-state index in [2.05, 4.69) is 49.7 Å². The molecule has 2 N–H and O–H groups in total. The van der Waals surface area contributed by atoms with Gasteiger partial charge < -0.3 is 25.2 Å². The summed E-state index contributed by atoms with van der Waals surface area (Å²) in [7, 11) is 5.71. The maximum absolute atomic E-state index is 13.5. The van der Waals surface area contributed by atoms with Gasteiger partial charge in [-0.15, -0.1) is 0 Å². The molecule has 1 fully saturated rings. The van der Waals surface area contributed by atoms with Crippen molar-refractivity contribution >= 4 is 28.9 Å². The summed E-state index contributed by atoms with van der Waals surface area (Å²) in [6.45, 7) is 8.04. The Labute approximate surface area is 246 Å². The summed E-state index contributed by atoms with van der Waals surface area (Å²) in [6, 6.07) is 12.2. The van der Waals surface area contributed by atoms with Crippen molar-refractivity contribution < 1.29 is 9.53 Å². The van der Waals surface area contributed by atoms with E-state index in [4.69, 9.17) is 9.72 Å². The minimum atomic E-state index is -0.203. The van der Waals surface area contributed by atoms with Gasteiger partial charge in [0.25, 0.3) is 5.91 Å². The number of likely N-dealkylation sites (N-methyl/N-ethyl adjacent to an activating group) is 1. The van der Waals surface area contributed by atoms with Gasteiger partial charge in [0.2, 0.25) is 5.95 Å². The molecular weight excluding hydrogens is 528 g/mol. The first-order valence-electron chi connectivity index (χ1n) is 14.5. The van der Waals surface area contributed by atoms with Crippen LogP contribution >= 0.6 is 0 Å². The number of carbonyl (C=O) groups is 1. The van der Waals surface area contributed by atoms with E-state index in [-0.39, 0.29) is 5.91 Å². The van der Waals surface area contributed by atoms with Crippen molar-refractivity contribution in [2.24, 2.45) is 7.05 Å². The lowest BCUT2D eigenvalue weighted by Crippen LogP contribution is -2.44. The molecule has 10 nitrogen and oxygen atoms in total. The lowest BCUT2D eigenvalue weighted by atomic mass is 10.1. The van der Waals surface area contributed by atoms with Crippen LogP contribution in [-0.2, 0) is 19.9 Å². The maximum Gasteiger partial charge on any atom is 0.276 e. The highest BCUT2D eigenvalue weighted by Crippen LogP contribution is 2.36. The highest BCUT2D eigenvalue weighted by atomic mass is 16.5. The number of carbonyl (C=O) groups excluding carboxylic acids is 1. The van der Waals surface area contributed by atoms with Crippen molar-refractivity contribution in [1.82, 2.24) is 24.6 Å². The van der Waals surface area contributed by atoms with Gasteiger partial charge in [0.15, 0.2) is 5.69 Å². The third-order valence-corrected chi connectivity index (χ3v) is 8.34. The average Bonchev–Trinajstić information content (AvgIpc) is 3.19. The Morgan fingerprint density at radius 1 is 1.00 bits per heavy atom. The number of nitrogens with one attached hydrogen (secondary N) is 2. The minimum Gasteiger partial charge on any atom is -0.494 e. The lowest BCUT2D eigenvalue weighted by Gasteiger charge is -2.34. The quantitative estimate of drug-likeness (QED) is 0.345. The number of methoxy groups -OCH3 is 1. The molecule has 2 aromatic heterocycles. The molecule has 0 unspecified atom stereocenters. The largest absolute Gasteiger partial charge is 0.494 e. The second kappa shape index (κ2) is 11.4. The van der Waals surface area contributed by atoms with Crippen molar-refractivity contribution in [3.63, 3.8) is 0 Å². The molecule has 2 aromatic carbocycles. The zero-order valence-electron chi connectivity index (χ0n) is 25.0. The molecule has 0 radical (unpaired) electrons. The molecule has 10 heteroatoms. The molecule has 1 saturated heterocycles. The Hall–Kier alpha value is -4.44. The van der Waals surface area contributed by atoms with Crippen molar-refractivity contribution in [3.05, 3.63) is 70.5 Å². The molecule has 42 heavy (non-hydrogen) atoms. The Balaban J connectivity index is 1.30. The molecule has 0 atom stereocenters. The fourth-order valence-electron chi connectivity index (χ4n) is 5.94. The number of nitrogens with zero attached hydrogens (tertiary/aromatic N) is 6. The second-order valence-electron chi connectivity index (χ2n) is 11.2. The lowest BCUT2D eigenvalue weighted by molar-refractivity contribution is 0.102.